The summed E-state index contributed by atoms with van der Waals surface area (Å²) in [4.78, 5) is 22.0. The summed E-state index contributed by atoms with van der Waals surface area (Å²) in [5.41, 5.74) is 0.148. The Morgan fingerprint density at radius 1 is 1.33 bits per heavy atom. The Hall–Kier alpha value is -1.95. The third-order valence-electron chi connectivity index (χ3n) is 3.76. The average Bonchev–Trinajstić information content (AvgIpc) is 2.47. The van der Waals surface area contributed by atoms with Crippen LogP contribution in [0, 0.1) is 10.1 Å². The normalized spacial score (nSPS) is 21.8. The first-order valence-electron chi connectivity index (χ1n) is 7.00. The van der Waals surface area contributed by atoms with Gasteiger partial charge in [-0.2, -0.15) is 0 Å². The van der Waals surface area contributed by atoms with E-state index in [1.165, 1.54) is 25.1 Å². The van der Waals surface area contributed by atoms with Gasteiger partial charge in [0.1, 0.15) is 11.9 Å². The molecule has 2 unspecified atom stereocenters. The predicted molar refractivity (Wildman–Crippen MR) is 76.8 cm³/mol. The molecule has 0 radical (unpaired) electrons. The average molecular weight is 293 g/mol. The quantitative estimate of drug-likeness (QED) is 0.473. The number of ether oxygens (including phenoxy) is 2. The Bertz CT molecular complexity index is 543. The lowest BCUT2D eigenvalue weighted by molar-refractivity contribution is -0.384. The molecule has 2 rings (SSSR count). The number of Topliss-reactive ketones (excluding diaryl/α,β-unsaturated/α-hetero) is 1. The van der Waals surface area contributed by atoms with Gasteiger partial charge in [-0.05, 0) is 32.3 Å². The van der Waals surface area contributed by atoms with Crippen molar-refractivity contribution in [3.8, 4) is 5.75 Å². The number of hydrogen-bond acceptors (Lipinski definition) is 5. The van der Waals surface area contributed by atoms with Crippen molar-refractivity contribution in [2.75, 3.05) is 7.11 Å². The Morgan fingerprint density at radius 2 is 2.05 bits per heavy atom. The van der Waals surface area contributed by atoms with Gasteiger partial charge in [-0.3, -0.25) is 14.9 Å². The third kappa shape index (κ3) is 3.78. The van der Waals surface area contributed by atoms with Gasteiger partial charge in [0.25, 0.3) is 5.69 Å². The molecule has 6 nitrogen and oxygen atoms in total. The number of nitro benzene ring substituents is 1. The standard InChI is InChI=1S/C15H19NO5/c1-10(17)14-8-11(16(18)19)6-7-15(14)21-13-5-3-4-12(9-13)20-2/h6-8,12-13H,3-5,9H2,1-2H3. The molecular weight excluding hydrogens is 274 g/mol. The summed E-state index contributed by atoms with van der Waals surface area (Å²) < 4.78 is 11.2. The van der Waals surface area contributed by atoms with E-state index in [2.05, 4.69) is 0 Å². The van der Waals surface area contributed by atoms with Crippen LogP contribution in [0.5, 0.6) is 5.75 Å². The smallest absolute Gasteiger partial charge is 0.270 e. The minimum absolute atomic E-state index is 0.0248. The van der Waals surface area contributed by atoms with Crippen LogP contribution in [0.4, 0.5) is 5.69 Å². The maximum Gasteiger partial charge on any atom is 0.270 e. The molecule has 2 atom stereocenters. The lowest BCUT2D eigenvalue weighted by atomic mass is 9.94. The van der Waals surface area contributed by atoms with E-state index in [1.54, 1.807) is 7.11 Å². The fraction of sp³-hybridized carbons (Fsp3) is 0.533. The third-order valence-corrected chi connectivity index (χ3v) is 3.76. The first-order valence-corrected chi connectivity index (χ1v) is 7.00. The Kier molecular flexibility index (Phi) is 4.90. The number of non-ortho nitro benzene ring substituents is 1. The number of nitrogens with zero attached hydrogens (tertiary/aromatic N) is 1. The second-order valence-electron chi connectivity index (χ2n) is 5.26. The lowest BCUT2D eigenvalue weighted by Gasteiger charge is -2.29. The van der Waals surface area contributed by atoms with E-state index in [0.29, 0.717) is 5.75 Å². The SMILES string of the molecule is COC1CCCC(Oc2ccc([N+](=O)[O-])cc2C(C)=O)C1. The number of benzene rings is 1. The van der Waals surface area contributed by atoms with Gasteiger partial charge in [0.05, 0.1) is 16.6 Å². The van der Waals surface area contributed by atoms with Crippen molar-refractivity contribution in [3.05, 3.63) is 33.9 Å². The summed E-state index contributed by atoms with van der Waals surface area (Å²) in [7, 11) is 1.68. The molecule has 0 aliphatic heterocycles. The summed E-state index contributed by atoms with van der Waals surface area (Å²) in [5.74, 6) is 0.169. The number of rotatable bonds is 5. The molecule has 1 aromatic rings. The van der Waals surface area contributed by atoms with Gasteiger partial charge in [0.15, 0.2) is 5.78 Å². The minimum Gasteiger partial charge on any atom is -0.490 e. The van der Waals surface area contributed by atoms with E-state index in [4.69, 9.17) is 9.47 Å². The van der Waals surface area contributed by atoms with Crippen LogP contribution in [0.25, 0.3) is 0 Å². The van der Waals surface area contributed by atoms with Crippen molar-refractivity contribution in [2.45, 2.75) is 44.8 Å². The molecule has 0 saturated heterocycles. The summed E-state index contributed by atoms with van der Waals surface area (Å²) >= 11 is 0. The highest BCUT2D eigenvalue weighted by molar-refractivity contribution is 5.97. The molecule has 1 fully saturated rings. The Morgan fingerprint density at radius 3 is 2.67 bits per heavy atom. The largest absolute Gasteiger partial charge is 0.490 e. The van der Waals surface area contributed by atoms with Crippen molar-refractivity contribution in [1.29, 1.82) is 0 Å². The van der Waals surface area contributed by atoms with Crippen molar-refractivity contribution in [1.82, 2.24) is 0 Å². The van der Waals surface area contributed by atoms with Crippen molar-refractivity contribution in [3.63, 3.8) is 0 Å². The lowest BCUT2D eigenvalue weighted by Crippen LogP contribution is -2.29. The highest BCUT2D eigenvalue weighted by Crippen LogP contribution is 2.29. The predicted octanol–water partition coefficient (Wildman–Crippen LogP) is 3.13. The Labute approximate surface area is 123 Å². The van der Waals surface area contributed by atoms with Gasteiger partial charge in [-0.15, -0.1) is 0 Å². The molecule has 0 N–H and O–H groups in total. The molecule has 0 bridgehead atoms. The van der Waals surface area contributed by atoms with Crippen LogP contribution in [0.2, 0.25) is 0 Å². The molecule has 0 spiro atoms. The van der Waals surface area contributed by atoms with Gasteiger partial charge in [0, 0.05) is 25.7 Å². The van der Waals surface area contributed by atoms with Gasteiger partial charge in [-0.1, -0.05) is 0 Å². The minimum atomic E-state index is -0.516. The number of ketones is 1. The topological polar surface area (TPSA) is 78.7 Å². The van der Waals surface area contributed by atoms with Crippen LogP contribution in [0.1, 0.15) is 43.0 Å². The molecule has 0 amide bonds. The zero-order chi connectivity index (χ0) is 15.4. The zero-order valence-corrected chi connectivity index (χ0v) is 12.2. The van der Waals surface area contributed by atoms with Crippen LogP contribution >= 0.6 is 0 Å². The number of methoxy groups -OCH3 is 1. The van der Waals surface area contributed by atoms with Gasteiger partial charge >= 0.3 is 0 Å². The number of nitro groups is 1. The van der Waals surface area contributed by atoms with Gasteiger partial charge in [0.2, 0.25) is 0 Å². The fourth-order valence-corrected chi connectivity index (χ4v) is 2.61. The maximum atomic E-state index is 11.7. The van der Waals surface area contributed by atoms with E-state index >= 15 is 0 Å². The second-order valence-corrected chi connectivity index (χ2v) is 5.26. The molecule has 1 aliphatic rings. The van der Waals surface area contributed by atoms with E-state index in [-0.39, 0.29) is 29.2 Å². The first kappa shape index (κ1) is 15.4. The summed E-state index contributed by atoms with van der Waals surface area (Å²) in [6.45, 7) is 1.38. The van der Waals surface area contributed by atoms with Crippen LogP contribution in [-0.4, -0.2) is 30.0 Å². The molecule has 1 aliphatic carbocycles. The van der Waals surface area contributed by atoms with E-state index in [9.17, 15) is 14.9 Å². The molecule has 1 aromatic carbocycles. The van der Waals surface area contributed by atoms with Crippen LogP contribution in [0.15, 0.2) is 18.2 Å². The molecule has 0 heterocycles. The molecule has 1 saturated carbocycles. The summed E-state index contributed by atoms with van der Waals surface area (Å²) in [5, 5.41) is 10.8. The molecule has 21 heavy (non-hydrogen) atoms. The number of carbonyl (C=O) groups excluding carboxylic acids is 1. The Balaban J connectivity index is 2.19. The first-order chi connectivity index (χ1) is 10.0. The van der Waals surface area contributed by atoms with Crippen molar-refractivity contribution in [2.24, 2.45) is 0 Å². The summed E-state index contributed by atoms with van der Waals surface area (Å²) in [6, 6.07) is 4.14. The molecule has 6 heteroatoms. The van der Waals surface area contributed by atoms with Gasteiger partial charge < -0.3 is 9.47 Å². The second kappa shape index (κ2) is 6.67. The summed E-state index contributed by atoms with van der Waals surface area (Å²) in [6.07, 6.45) is 3.83. The van der Waals surface area contributed by atoms with Crippen LogP contribution in [0.3, 0.4) is 0 Å². The van der Waals surface area contributed by atoms with E-state index in [1.807, 2.05) is 0 Å². The maximum absolute atomic E-state index is 11.7. The zero-order valence-electron chi connectivity index (χ0n) is 12.2. The highest BCUT2D eigenvalue weighted by Gasteiger charge is 2.25. The van der Waals surface area contributed by atoms with Crippen LogP contribution in [-0.2, 0) is 4.74 Å². The number of carbonyl (C=O) groups is 1. The van der Waals surface area contributed by atoms with Crippen molar-refractivity contribution < 1.29 is 19.2 Å². The number of hydrogen-bond donors (Lipinski definition) is 0. The fourth-order valence-electron chi connectivity index (χ4n) is 2.61. The monoisotopic (exact) mass is 293 g/mol. The molecular formula is C15H19NO5. The van der Waals surface area contributed by atoms with Crippen molar-refractivity contribution >= 4 is 11.5 Å². The van der Waals surface area contributed by atoms with E-state index < -0.39 is 4.92 Å². The van der Waals surface area contributed by atoms with Gasteiger partial charge in [-0.25, -0.2) is 0 Å². The molecule has 114 valence electrons. The highest BCUT2D eigenvalue weighted by atomic mass is 16.6. The van der Waals surface area contributed by atoms with E-state index in [0.717, 1.165) is 25.7 Å². The van der Waals surface area contributed by atoms with Crippen LogP contribution < -0.4 is 4.74 Å². The molecule has 0 aromatic heterocycles.